The van der Waals surface area contributed by atoms with Gasteiger partial charge in [0.25, 0.3) is 0 Å². The lowest BCUT2D eigenvalue weighted by atomic mass is 10.2. The van der Waals surface area contributed by atoms with Crippen molar-refractivity contribution < 1.29 is 15.0 Å². The highest BCUT2D eigenvalue weighted by Crippen LogP contribution is 2.36. The second-order valence-electron chi connectivity index (χ2n) is 5.79. The standard InChI is InChI=1S/C9H4Cl2N2O2.C9H6N2O4/c10-7-5-3-1-2-4-6(5)12-9(11)8(7)13(14)15;12-8-5-3-1-2-4-6(5)10-9(13)7(8)11(14)15/h1-4H;1-4H,(H2,10,12,13). The Morgan fingerprint density at radius 1 is 0.900 bits per heavy atom. The van der Waals surface area contributed by atoms with Gasteiger partial charge in [0.15, 0.2) is 0 Å². The Labute approximate surface area is 176 Å². The highest BCUT2D eigenvalue weighted by molar-refractivity contribution is 6.41. The number of nitro groups is 2. The number of hydrogen-bond acceptors (Lipinski definition) is 7. The van der Waals surface area contributed by atoms with Crippen molar-refractivity contribution in [2.45, 2.75) is 0 Å². The predicted octanol–water partition coefficient (Wildman–Crippen LogP) is 4.59. The molecule has 4 aromatic rings. The molecular formula is C18H10Cl2N4O6. The van der Waals surface area contributed by atoms with Gasteiger partial charge in [0.05, 0.1) is 20.9 Å². The van der Waals surface area contributed by atoms with Crippen LogP contribution in [-0.2, 0) is 0 Å². The average molecular weight is 449 g/mol. The average Bonchev–Trinajstić information content (AvgIpc) is 2.68. The summed E-state index contributed by atoms with van der Waals surface area (Å²) < 4.78 is 0. The van der Waals surface area contributed by atoms with E-state index in [0.29, 0.717) is 16.4 Å². The molecule has 0 unspecified atom stereocenters. The third kappa shape index (κ3) is 3.86. The Balaban J connectivity index is 0.000000171. The maximum Gasteiger partial charge on any atom is 0.375 e. The lowest BCUT2D eigenvalue weighted by Gasteiger charge is -2.01. The van der Waals surface area contributed by atoms with Gasteiger partial charge in [-0.1, -0.05) is 53.5 Å². The van der Waals surface area contributed by atoms with Gasteiger partial charge in [-0.25, -0.2) is 4.98 Å². The van der Waals surface area contributed by atoms with Crippen LogP contribution in [0.3, 0.4) is 0 Å². The predicted molar refractivity (Wildman–Crippen MR) is 111 cm³/mol. The Morgan fingerprint density at radius 2 is 1.47 bits per heavy atom. The number of fused-ring (bicyclic) bond motifs is 2. The highest BCUT2D eigenvalue weighted by Gasteiger charge is 2.22. The van der Waals surface area contributed by atoms with E-state index < -0.39 is 26.8 Å². The molecule has 0 aliphatic rings. The molecule has 30 heavy (non-hydrogen) atoms. The number of aromatic amines is 1. The van der Waals surface area contributed by atoms with Crippen molar-refractivity contribution in [1.29, 1.82) is 0 Å². The number of rotatable bonds is 2. The Kier molecular flexibility index (Phi) is 5.81. The number of nitrogens with one attached hydrogen (secondary N) is 1. The molecule has 0 radical (unpaired) electrons. The molecule has 0 aliphatic heterocycles. The number of halogens is 2. The second kappa shape index (κ2) is 8.31. The van der Waals surface area contributed by atoms with Crippen LogP contribution in [0.5, 0.6) is 5.75 Å². The Morgan fingerprint density at radius 3 is 2.10 bits per heavy atom. The number of para-hydroxylation sites is 2. The summed E-state index contributed by atoms with van der Waals surface area (Å²) in [6, 6.07) is 13.2. The van der Waals surface area contributed by atoms with Gasteiger partial charge < -0.3 is 10.1 Å². The lowest BCUT2D eigenvalue weighted by molar-refractivity contribution is -0.387. The molecule has 0 aliphatic carbocycles. The van der Waals surface area contributed by atoms with E-state index in [-0.39, 0.29) is 21.2 Å². The van der Waals surface area contributed by atoms with Crippen LogP contribution in [0.4, 0.5) is 11.4 Å². The third-order valence-electron chi connectivity index (χ3n) is 4.00. The molecule has 0 amide bonds. The van der Waals surface area contributed by atoms with Crippen molar-refractivity contribution in [3.8, 4) is 5.75 Å². The molecule has 10 nitrogen and oxygen atoms in total. The summed E-state index contributed by atoms with van der Waals surface area (Å²) in [6.45, 7) is 0. The van der Waals surface area contributed by atoms with E-state index in [4.69, 9.17) is 23.2 Å². The van der Waals surface area contributed by atoms with E-state index in [1.807, 2.05) is 0 Å². The van der Waals surface area contributed by atoms with Crippen molar-refractivity contribution in [2.75, 3.05) is 0 Å². The van der Waals surface area contributed by atoms with Gasteiger partial charge in [-0.05, 0) is 18.2 Å². The molecule has 4 rings (SSSR count). The summed E-state index contributed by atoms with van der Waals surface area (Å²) in [5.74, 6) is -0.598. The second-order valence-corrected chi connectivity index (χ2v) is 6.53. The fraction of sp³-hybridized carbons (Fsp3) is 0. The molecular weight excluding hydrogens is 439 g/mol. The van der Waals surface area contributed by atoms with Gasteiger partial charge in [0.2, 0.25) is 10.9 Å². The number of pyridine rings is 2. The summed E-state index contributed by atoms with van der Waals surface area (Å²) in [5.41, 5.74) is -1.18. The third-order valence-corrected chi connectivity index (χ3v) is 4.64. The zero-order valence-electron chi connectivity index (χ0n) is 14.7. The maximum atomic E-state index is 11.2. The normalized spacial score (nSPS) is 10.5. The number of hydrogen-bond donors (Lipinski definition) is 2. The molecule has 0 atom stereocenters. The first-order valence-corrected chi connectivity index (χ1v) is 8.84. The Hall–Kier alpha value is -3.76. The van der Waals surface area contributed by atoms with Crippen molar-refractivity contribution in [2.24, 2.45) is 0 Å². The van der Waals surface area contributed by atoms with E-state index in [9.17, 15) is 30.1 Å². The van der Waals surface area contributed by atoms with E-state index in [1.165, 1.54) is 6.07 Å². The summed E-state index contributed by atoms with van der Waals surface area (Å²) in [5, 5.41) is 31.3. The number of nitrogens with zero attached hydrogens (tertiary/aromatic N) is 3. The molecule has 2 aromatic carbocycles. The Bertz CT molecular complexity index is 1370. The van der Waals surface area contributed by atoms with Crippen LogP contribution < -0.4 is 5.56 Å². The van der Waals surface area contributed by atoms with Crippen LogP contribution in [0.15, 0.2) is 53.3 Å². The van der Waals surface area contributed by atoms with Crippen molar-refractivity contribution in [3.05, 3.63) is 89.3 Å². The number of benzene rings is 2. The van der Waals surface area contributed by atoms with Crippen LogP contribution in [0.25, 0.3) is 21.8 Å². The van der Waals surface area contributed by atoms with Crippen LogP contribution in [0.1, 0.15) is 0 Å². The van der Waals surface area contributed by atoms with Crippen LogP contribution >= 0.6 is 23.2 Å². The molecule has 2 N–H and O–H groups in total. The summed E-state index contributed by atoms with van der Waals surface area (Å²) in [6.07, 6.45) is 0. The van der Waals surface area contributed by atoms with Gasteiger partial charge in [-0.15, -0.1) is 0 Å². The quantitative estimate of drug-likeness (QED) is 0.258. The van der Waals surface area contributed by atoms with Gasteiger partial charge in [-0.3, -0.25) is 25.0 Å². The molecule has 0 saturated carbocycles. The summed E-state index contributed by atoms with van der Waals surface area (Å²) >= 11 is 11.5. The van der Waals surface area contributed by atoms with E-state index in [0.717, 1.165) is 0 Å². The zero-order valence-corrected chi connectivity index (χ0v) is 16.2. The van der Waals surface area contributed by atoms with E-state index in [1.54, 1.807) is 42.5 Å². The minimum absolute atomic E-state index is 0.0237. The van der Waals surface area contributed by atoms with E-state index >= 15 is 0 Å². The summed E-state index contributed by atoms with van der Waals surface area (Å²) in [4.78, 5) is 37.1. The van der Waals surface area contributed by atoms with Gasteiger partial charge in [-0.2, -0.15) is 0 Å². The molecule has 152 valence electrons. The number of aromatic nitrogens is 2. The van der Waals surface area contributed by atoms with E-state index in [2.05, 4.69) is 9.97 Å². The fourth-order valence-electron chi connectivity index (χ4n) is 2.67. The topological polar surface area (TPSA) is 152 Å². The van der Waals surface area contributed by atoms with Gasteiger partial charge in [0, 0.05) is 10.8 Å². The molecule has 12 heteroatoms. The van der Waals surface area contributed by atoms with Crippen LogP contribution in [0, 0.1) is 20.2 Å². The van der Waals surface area contributed by atoms with Gasteiger partial charge in [0.1, 0.15) is 5.02 Å². The van der Waals surface area contributed by atoms with Crippen molar-refractivity contribution in [3.63, 3.8) is 0 Å². The molecule has 0 saturated heterocycles. The molecule has 0 fully saturated rings. The van der Waals surface area contributed by atoms with Crippen molar-refractivity contribution >= 4 is 56.4 Å². The fourth-order valence-corrected chi connectivity index (χ4v) is 3.29. The first kappa shape index (κ1) is 21.0. The van der Waals surface area contributed by atoms with Crippen LogP contribution in [0.2, 0.25) is 10.2 Å². The van der Waals surface area contributed by atoms with Gasteiger partial charge >= 0.3 is 16.9 Å². The minimum atomic E-state index is -0.906. The maximum absolute atomic E-state index is 11.2. The van der Waals surface area contributed by atoms with Crippen LogP contribution in [-0.4, -0.2) is 24.9 Å². The monoisotopic (exact) mass is 448 g/mol. The van der Waals surface area contributed by atoms with Crippen molar-refractivity contribution in [1.82, 2.24) is 9.97 Å². The first-order valence-electron chi connectivity index (χ1n) is 8.09. The highest BCUT2D eigenvalue weighted by atomic mass is 35.5. The first-order chi connectivity index (χ1) is 14.2. The SMILES string of the molecule is O=[N+]([O-])c1c(Cl)nc2ccccc2c1Cl.O=c1[nH]c2ccccc2c(O)c1[N+](=O)[O-]. The number of aromatic hydroxyl groups is 1. The molecule has 2 aromatic heterocycles. The lowest BCUT2D eigenvalue weighted by Crippen LogP contribution is -2.11. The molecule has 0 bridgehead atoms. The zero-order chi connectivity index (χ0) is 22.0. The smallest absolute Gasteiger partial charge is 0.375 e. The largest absolute Gasteiger partial charge is 0.501 e. The molecule has 0 spiro atoms. The number of H-pyrrole nitrogens is 1. The molecule has 2 heterocycles. The minimum Gasteiger partial charge on any atom is -0.501 e. The summed E-state index contributed by atoms with van der Waals surface area (Å²) in [7, 11) is 0.